The fourth-order valence-electron chi connectivity index (χ4n) is 3.76. The molecular weight excluding hydrogens is 434 g/mol. The largest absolute Gasteiger partial charge is 0.495 e. The Kier molecular flexibility index (Phi) is 6.54. The third kappa shape index (κ3) is 4.67. The molecule has 9 nitrogen and oxygen atoms in total. The highest BCUT2D eigenvalue weighted by atomic mass is 32.2. The fraction of sp³-hybridized carbons (Fsp3) is 0.409. The van der Waals surface area contributed by atoms with E-state index in [9.17, 15) is 13.2 Å². The molecule has 0 saturated carbocycles. The Morgan fingerprint density at radius 2 is 1.81 bits per heavy atom. The Labute approximate surface area is 187 Å². The molecule has 2 aromatic carbocycles. The number of anilines is 1. The average molecular weight is 462 g/mol. The van der Waals surface area contributed by atoms with Crippen LogP contribution in [0.5, 0.6) is 17.2 Å². The van der Waals surface area contributed by atoms with Gasteiger partial charge in [0.25, 0.3) is 0 Å². The van der Waals surface area contributed by atoms with E-state index in [2.05, 4.69) is 10.2 Å². The van der Waals surface area contributed by atoms with Gasteiger partial charge in [0.2, 0.25) is 22.7 Å². The molecule has 32 heavy (non-hydrogen) atoms. The number of carbonyl (C=O) groups excluding carboxylic acids is 1. The Balaban J connectivity index is 1.42. The van der Waals surface area contributed by atoms with E-state index in [0.717, 1.165) is 17.1 Å². The monoisotopic (exact) mass is 461 g/mol. The van der Waals surface area contributed by atoms with Crippen molar-refractivity contribution in [2.75, 3.05) is 45.4 Å². The molecule has 0 atom stereocenters. The zero-order valence-electron chi connectivity index (χ0n) is 18.2. The normalized spacial score (nSPS) is 16.7. The van der Waals surface area contributed by atoms with Crippen LogP contribution < -0.4 is 19.5 Å². The van der Waals surface area contributed by atoms with Crippen LogP contribution in [0.2, 0.25) is 0 Å². The first-order valence-electron chi connectivity index (χ1n) is 10.5. The lowest BCUT2D eigenvalue weighted by Crippen LogP contribution is -2.48. The third-order valence-corrected chi connectivity index (χ3v) is 7.47. The van der Waals surface area contributed by atoms with E-state index in [1.165, 1.54) is 23.5 Å². The van der Waals surface area contributed by atoms with Crippen molar-refractivity contribution in [2.45, 2.75) is 24.8 Å². The molecule has 0 bridgehead atoms. The second kappa shape index (κ2) is 9.35. The molecule has 2 heterocycles. The molecule has 0 aliphatic carbocycles. The number of methoxy groups -OCH3 is 1. The van der Waals surface area contributed by atoms with Gasteiger partial charge in [0, 0.05) is 39.1 Å². The van der Waals surface area contributed by atoms with Crippen LogP contribution in [-0.4, -0.2) is 63.6 Å². The standard InChI is InChI=1S/C22H27N3O6S/c1-3-22(26)23-18-13-17(5-7-19(18)29-2)32(27,28)25-10-8-24(9-11-25)14-16-4-6-20-21(12-16)31-15-30-20/h4-7,12-13H,3,8-11,14-15H2,1-2H3,(H,23,26). The minimum Gasteiger partial charge on any atom is -0.495 e. The predicted octanol–water partition coefficient (Wildman–Crippen LogP) is 2.28. The van der Waals surface area contributed by atoms with Gasteiger partial charge in [-0.3, -0.25) is 9.69 Å². The van der Waals surface area contributed by atoms with E-state index in [0.29, 0.717) is 44.2 Å². The van der Waals surface area contributed by atoms with Crippen molar-refractivity contribution in [3.05, 3.63) is 42.0 Å². The number of nitrogens with zero attached hydrogens (tertiary/aromatic N) is 2. The second-order valence-electron chi connectivity index (χ2n) is 7.63. The van der Waals surface area contributed by atoms with E-state index in [1.807, 2.05) is 18.2 Å². The number of benzene rings is 2. The van der Waals surface area contributed by atoms with Gasteiger partial charge in [0.15, 0.2) is 11.5 Å². The molecule has 1 amide bonds. The molecule has 4 rings (SSSR count). The summed E-state index contributed by atoms with van der Waals surface area (Å²) < 4.78 is 43.9. The van der Waals surface area contributed by atoms with Crippen molar-refractivity contribution in [3.63, 3.8) is 0 Å². The molecule has 10 heteroatoms. The van der Waals surface area contributed by atoms with Crippen molar-refractivity contribution in [1.29, 1.82) is 0 Å². The predicted molar refractivity (Wildman–Crippen MR) is 119 cm³/mol. The molecule has 0 spiro atoms. The highest BCUT2D eigenvalue weighted by molar-refractivity contribution is 7.89. The van der Waals surface area contributed by atoms with Gasteiger partial charge in [-0.2, -0.15) is 4.31 Å². The number of hydrogen-bond donors (Lipinski definition) is 1. The Bertz CT molecular complexity index is 1100. The molecule has 1 N–H and O–H groups in total. The molecule has 0 aromatic heterocycles. The Hall–Kier alpha value is -2.82. The van der Waals surface area contributed by atoms with E-state index in [1.54, 1.807) is 13.0 Å². The zero-order valence-corrected chi connectivity index (χ0v) is 19.0. The highest BCUT2D eigenvalue weighted by Gasteiger charge is 2.29. The quantitative estimate of drug-likeness (QED) is 0.676. The van der Waals surface area contributed by atoms with Gasteiger partial charge < -0.3 is 19.5 Å². The van der Waals surface area contributed by atoms with Gasteiger partial charge in [-0.1, -0.05) is 13.0 Å². The van der Waals surface area contributed by atoms with Crippen molar-refractivity contribution >= 4 is 21.6 Å². The van der Waals surface area contributed by atoms with Gasteiger partial charge in [0.1, 0.15) is 5.75 Å². The first kappa shape index (κ1) is 22.4. The van der Waals surface area contributed by atoms with Gasteiger partial charge in [-0.05, 0) is 35.9 Å². The second-order valence-corrected chi connectivity index (χ2v) is 9.57. The maximum Gasteiger partial charge on any atom is 0.243 e. The number of amides is 1. The summed E-state index contributed by atoms with van der Waals surface area (Å²) in [5.74, 6) is 1.70. The number of sulfonamides is 1. The molecule has 1 saturated heterocycles. The summed E-state index contributed by atoms with van der Waals surface area (Å²) in [4.78, 5) is 14.2. The number of nitrogens with one attached hydrogen (secondary N) is 1. The SMILES string of the molecule is CCC(=O)Nc1cc(S(=O)(=O)N2CCN(Cc3ccc4c(c3)OCO4)CC2)ccc1OC. The molecule has 172 valence electrons. The number of fused-ring (bicyclic) bond motifs is 1. The van der Waals surface area contributed by atoms with Gasteiger partial charge in [-0.15, -0.1) is 0 Å². The number of piperazine rings is 1. The lowest BCUT2D eigenvalue weighted by Gasteiger charge is -2.34. The molecule has 2 aliphatic heterocycles. The summed E-state index contributed by atoms with van der Waals surface area (Å²) in [6.45, 7) is 4.67. The van der Waals surface area contributed by atoms with Crippen LogP contribution in [0, 0.1) is 0 Å². The smallest absolute Gasteiger partial charge is 0.243 e. The lowest BCUT2D eigenvalue weighted by atomic mass is 10.2. The van der Waals surface area contributed by atoms with Crippen molar-refractivity contribution < 1.29 is 27.4 Å². The highest BCUT2D eigenvalue weighted by Crippen LogP contribution is 2.33. The van der Waals surface area contributed by atoms with Crippen LogP contribution >= 0.6 is 0 Å². The summed E-state index contributed by atoms with van der Waals surface area (Å²) >= 11 is 0. The van der Waals surface area contributed by atoms with Crippen molar-refractivity contribution in [3.8, 4) is 17.2 Å². The molecule has 0 radical (unpaired) electrons. The third-order valence-electron chi connectivity index (χ3n) is 5.58. The Morgan fingerprint density at radius 1 is 1.06 bits per heavy atom. The van der Waals surface area contributed by atoms with E-state index < -0.39 is 10.0 Å². The number of carbonyl (C=O) groups is 1. The van der Waals surface area contributed by atoms with Gasteiger partial charge in [-0.25, -0.2) is 8.42 Å². The summed E-state index contributed by atoms with van der Waals surface area (Å²) in [6, 6.07) is 10.4. The summed E-state index contributed by atoms with van der Waals surface area (Å²) in [7, 11) is -2.22. The molecular formula is C22H27N3O6S. The number of hydrogen-bond acceptors (Lipinski definition) is 7. The number of ether oxygens (including phenoxy) is 3. The molecule has 2 aliphatic rings. The Morgan fingerprint density at radius 3 is 2.53 bits per heavy atom. The maximum absolute atomic E-state index is 13.2. The average Bonchev–Trinajstić information content (AvgIpc) is 3.27. The zero-order chi connectivity index (χ0) is 22.7. The van der Waals surface area contributed by atoms with Gasteiger partial charge in [0.05, 0.1) is 17.7 Å². The first-order chi connectivity index (χ1) is 15.4. The minimum absolute atomic E-state index is 0.133. The van der Waals surface area contributed by atoms with Crippen LogP contribution in [0.4, 0.5) is 5.69 Å². The lowest BCUT2D eigenvalue weighted by molar-refractivity contribution is -0.115. The fourth-order valence-corrected chi connectivity index (χ4v) is 5.21. The molecule has 2 aromatic rings. The van der Waals surface area contributed by atoms with Crippen molar-refractivity contribution in [1.82, 2.24) is 9.21 Å². The topological polar surface area (TPSA) is 97.4 Å². The van der Waals surface area contributed by atoms with Crippen molar-refractivity contribution in [2.24, 2.45) is 0 Å². The van der Waals surface area contributed by atoms with Gasteiger partial charge >= 0.3 is 0 Å². The van der Waals surface area contributed by atoms with Crippen LogP contribution in [-0.2, 0) is 21.4 Å². The summed E-state index contributed by atoms with van der Waals surface area (Å²) in [5.41, 5.74) is 1.44. The molecule has 0 unspecified atom stereocenters. The first-order valence-corrected chi connectivity index (χ1v) is 11.9. The summed E-state index contributed by atoms with van der Waals surface area (Å²) in [5, 5.41) is 2.70. The van der Waals surface area contributed by atoms with E-state index in [4.69, 9.17) is 14.2 Å². The van der Waals surface area contributed by atoms with E-state index in [-0.39, 0.29) is 24.0 Å². The van der Waals surface area contributed by atoms with Crippen LogP contribution in [0.15, 0.2) is 41.3 Å². The minimum atomic E-state index is -3.69. The molecule has 1 fully saturated rings. The summed E-state index contributed by atoms with van der Waals surface area (Å²) in [6.07, 6.45) is 0.283. The van der Waals surface area contributed by atoms with E-state index >= 15 is 0 Å². The van der Waals surface area contributed by atoms with Crippen LogP contribution in [0.1, 0.15) is 18.9 Å². The van der Waals surface area contributed by atoms with Crippen LogP contribution in [0.3, 0.4) is 0 Å². The van der Waals surface area contributed by atoms with Crippen LogP contribution in [0.25, 0.3) is 0 Å². The number of rotatable bonds is 7. The maximum atomic E-state index is 13.2.